The van der Waals surface area contributed by atoms with Gasteiger partial charge in [-0.15, -0.1) is 11.3 Å². The zero-order valence-corrected chi connectivity index (χ0v) is 18.0. The van der Waals surface area contributed by atoms with Crippen molar-refractivity contribution in [1.82, 2.24) is 19.9 Å². The van der Waals surface area contributed by atoms with Crippen LogP contribution in [0, 0.1) is 11.7 Å². The van der Waals surface area contributed by atoms with Crippen LogP contribution in [0.5, 0.6) is 0 Å². The highest BCUT2D eigenvalue weighted by molar-refractivity contribution is 7.18. The Balaban J connectivity index is 1.28. The second-order valence-corrected chi connectivity index (χ2v) is 9.00. The third kappa shape index (κ3) is 3.85. The first-order valence-electron chi connectivity index (χ1n) is 10.5. The van der Waals surface area contributed by atoms with E-state index >= 15 is 0 Å². The Morgan fingerprint density at radius 3 is 2.87 bits per heavy atom. The number of carbonyl (C=O) groups is 1. The van der Waals surface area contributed by atoms with E-state index in [1.807, 2.05) is 29.8 Å². The molecule has 1 amide bonds. The molecule has 0 saturated carbocycles. The number of aryl methyl sites for hydroxylation is 1. The van der Waals surface area contributed by atoms with E-state index in [-0.39, 0.29) is 23.6 Å². The molecule has 0 spiro atoms. The van der Waals surface area contributed by atoms with E-state index in [2.05, 4.69) is 28.5 Å². The summed E-state index contributed by atoms with van der Waals surface area (Å²) in [4.78, 5) is 22.4. The molecule has 2 unspecified atom stereocenters. The lowest BCUT2D eigenvalue weighted by Gasteiger charge is -2.26. The van der Waals surface area contributed by atoms with E-state index < -0.39 is 0 Å². The summed E-state index contributed by atoms with van der Waals surface area (Å²) in [6, 6.07) is 12.7. The van der Waals surface area contributed by atoms with Gasteiger partial charge in [-0.05, 0) is 43.2 Å². The molecule has 1 aliphatic rings. The molecule has 0 fully saturated rings. The maximum atomic E-state index is 13.5. The molecule has 1 aliphatic carbocycles. The molecule has 2 aromatic carbocycles. The number of halogens is 1. The summed E-state index contributed by atoms with van der Waals surface area (Å²) >= 11 is 1.68. The van der Waals surface area contributed by atoms with E-state index in [0.717, 1.165) is 44.9 Å². The monoisotopic (exact) mass is 434 g/mol. The number of benzene rings is 2. The van der Waals surface area contributed by atoms with Crippen LogP contribution in [0.25, 0.3) is 21.3 Å². The van der Waals surface area contributed by atoms with E-state index in [1.54, 1.807) is 17.4 Å². The number of thiazole rings is 1. The standard InChI is InChI=1S/C24H23FN4OS/c1-29-20-14-15(25)10-11-18(20)27-22(29)12-13-26-23(30)16-6-2-3-7-17(16)24-28-19-8-4-5-9-21(19)31-24/h2-5,8-11,14,16-17H,6-7,12-13H2,1H3,(H,26,30). The van der Waals surface area contributed by atoms with E-state index in [4.69, 9.17) is 4.98 Å². The number of imidazole rings is 1. The van der Waals surface area contributed by atoms with Crippen molar-refractivity contribution >= 4 is 38.5 Å². The fourth-order valence-corrected chi connectivity index (χ4v) is 5.44. The number of hydrogen-bond donors (Lipinski definition) is 1. The largest absolute Gasteiger partial charge is 0.355 e. The second kappa shape index (κ2) is 8.23. The number of hydrogen-bond acceptors (Lipinski definition) is 4. The second-order valence-electron chi connectivity index (χ2n) is 7.94. The van der Waals surface area contributed by atoms with Gasteiger partial charge in [0.25, 0.3) is 0 Å². The van der Waals surface area contributed by atoms with Crippen LogP contribution in [0.2, 0.25) is 0 Å². The van der Waals surface area contributed by atoms with E-state index in [9.17, 15) is 9.18 Å². The molecule has 0 saturated heterocycles. The Labute approximate surface area is 183 Å². The maximum Gasteiger partial charge on any atom is 0.224 e. The Morgan fingerprint density at radius 1 is 1.16 bits per heavy atom. The molecule has 2 atom stereocenters. The van der Waals surface area contributed by atoms with Crippen molar-refractivity contribution in [2.45, 2.75) is 25.2 Å². The molecule has 2 heterocycles. The molecule has 1 N–H and O–H groups in total. The minimum atomic E-state index is -0.276. The van der Waals surface area contributed by atoms with Crippen LogP contribution in [0.1, 0.15) is 29.6 Å². The summed E-state index contributed by atoms with van der Waals surface area (Å²) in [7, 11) is 1.88. The van der Waals surface area contributed by atoms with Crippen molar-refractivity contribution in [3.8, 4) is 0 Å². The highest BCUT2D eigenvalue weighted by atomic mass is 32.1. The molecule has 7 heteroatoms. The molecule has 0 bridgehead atoms. The molecule has 31 heavy (non-hydrogen) atoms. The minimum absolute atomic E-state index is 0.0541. The first-order chi connectivity index (χ1) is 15.1. The van der Waals surface area contributed by atoms with Crippen molar-refractivity contribution in [3.05, 3.63) is 71.3 Å². The number of nitrogens with zero attached hydrogens (tertiary/aromatic N) is 3. The van der Waals surface area contributed by atoms with Crippen molar-refractivity contribution in [3.63, 3.8) is 0 Å². The summed E-state index contributed by atoms with van der Waals surface area (Å²) in [6.45, 7) is 0.491. The van der Waals surface area contributed by atoms with E-state index in [1.165, 1.54) is 12.1 Å². The number of nitrogens with one attached hydrogen (secondary N) is 1. The van der Waals surface area contributed by atoms with Crippen LogP contribution in [0.3, 0.4) is 0 Å². The third-order valence-corrected chi connectivity index (χ3v) is 7.15. The number of fused-ring (bicyclic) bond motifs is 2. The maximum absolute atomic E-state index is 13.5. The number of carbonyl (C=O) groups excluding carboxylic acids is 1. The molecular weight excluding hydrogens is 411 g/mol. The SMILES string of the molecule is Cn1c(CCNC(=O)C2CC=CCC2c2nc3ccccc3s2)nc2ccc(F)cc21. The average Bonchev–Trinajstić information content (AvgIpc) is 3.35. The Kier molecular flexibility index (Phi) is 5.28. The lowest BCUT2D eigenvalue weighted by molar-refractivity contribution is -0.125. The van der Waals surface area contributed by atoms with Crippen molar-refractivity contribution in [2.24, 2.45) is 13.0 Å². The van der Waals surface area contributed by atoms with Gasteiger partial charge in [0.2, 0.25) is 5.91 Å². The first kappa shape index (κ1) is 19.9. The summed E-state index contributed by atoms with van der Waals surface area (Å²) in [5, 5.41) is 4.12. The van der Waals surface area contributed by atoms with Crippen molar-refractivity contribution in [1.29, 1.82) is 0 Å². The van der Waals surface area contributed by atoms with E-state index in [0.29, 0.717) is 13.0 Å². The van der Waals surface area contributed by atoms with Gasteiger partial charge >= 0.3 is 0 Å². The third-order valence-electron chi connectivity index (χ3n) is 5.98. The summed E-state index contributed by atoms with van der Waals surface area (Å²) in [6.07, 6.45) is 6.38. The van der Waals surface area contributed by atoms with Gasteiger partial charge in [0.15, 0.2) is 0 Å². The Bertz CT molecular complexity index is 1260. The first-order valence-corrected chi connectivity index (χ1v) is 11.3. The predicted octanol–water partition coefficient (Wildman–Crippen LogP) is 4.73. The number of aromatic nitrogens is 3. The van der Waals surface area contributed by atoms with Crippen LogP contribution in [-0.4, -0.2) is 27.0 Å². The molecule has 0 aliphatic heterocycles. The fraction of sp³-hybridized carbons (Fsp3) is 0.292. The summed E-state index contributed by atoms with van der Waals surface area (Å²) in [5.74, 6) is 0.577. The molecule has 5 rings (SSSR count). The molecule has 5 nitrogen and oxygen atoms in total. The van der Waals surface area contributed by atoms with Crippen LogP contribution < -0.4 is 5.32 Å². The van der Waals surface area contributed by atoms with Gasteiger partial charge in [-0.3, -0.25) is 4.79 Å². The zero-order chi connectivity index (χ0) is 21.4. The normalized spacial score (nSPS) is 18.6. The number of amides is 1. The van der Waals surface area contributed by atoms with Crippen molar-refractivity contribution < 1.29 is 9.18 Å². The fourth-order valence-electron chi connectivity index (χ4n) is 4.29. The molecular formula is C24H23FN4OS. The topological polar surface area (TPSA) is 59.8 Å². The van der Waals surface area contributed by atoms with Gasteiger partial charge in [0.1, 0.15) is 11.6 Å². The Hall–Kier alpha value is -3.06. The van der Waals surface area contributed by atoms with Gasteiger partial charge < -0.3 is 9.88 Å². The average molecular weight is 435 g/mol. The highest BCUT2D eigenvalue weighted by Crippen LogP contribution is 2.38. The van der Waals surface area contributed by atoms with Crippen LogP contribution >= 0.6 is 11.3 Å². The smallest absolute Gasteiger partial charge is 0.224 e. The van der Waals surface area contributed by atoms with Gasteiger partial charge in [0.05, 0.1) is 32.2 Å². The van der Waals surface area contributed by atoms with Gasteiger partial charge in [0, 0.05) is 25.9 Å². The van der Waals surface area contributed by atoms with Crippen LogP contribution in [0.4, 0.5) is 4.39 Å². The lowest BCUT2D eigenvalue weighted by atomic mass is 9.82. The van der Waals surface area contributed by atoms with Gasteiger partial charge in [-0.25, -0.2) is 14.4 Å². The molecule has 4 aromatic rings. The predicted molar refractivity (Wildman–Crippen MR) is 122 cm³/mol. The number of para-hydroxylation sites is 1. The van der Waals surface area contributed by atoms with Crippen LogP contribution in [0.15, 0.2) is 54.6 Å². The number of rotatable bonds is 5. The molecule has 158 valence electrons. The quantitative estimate of drug-likeness (QED) is 0.462. The van der Waals surface area contributed by atoms with Gasteiger partial charge in [-0.1, -0.05) is 24.3 Å². The summed E-state index contributed by atoms with van der Waals surface area (Å²) in [5.41, 5.74) is 2.52. The number of allylic oxidation sites excluding steroid dienone is 2. The Morgan fingerprint density at radius 2 is 2.00 bits per heavy atom. The van der Waals surface area contributed by atoms with Gasteiger partial charge in [-0.2, -0.15) is 0 Å². The lowest BCUT2D eigenvalue weighted by Crippen LogP contribution is -2.36. The van der Waals surface area contributed by atoms with Crippen molar-refractivity contribution in [2.75, 3.05) is 6.54 Å². The zero-order valence-electron chi connectivity index (χ0n) is 17.2. The molecule has 2 aromatic heterocycles. The minimum Gasteiger partial charge on any atom is -0.355 e. The molecule has 0 radical (unpaired) electrons. The highest BCUT2D eigenvalue weighted by Gasteiger charge is 2.32. The summed E-state index contributed by atoms with van der Waals surface area (Å²) < 4.78 is 16.6. The van der Waals surface area contributed by atoms with Crippen LogP contribution in [-0.2, 0) is 18.3 Å².